The number of carbonyl (C=O) groups is 1. The summed E-state index contributed by atoms with van der Waals surface area (Å²) in [6.07, 6.45) is 5.57. The van der Waals surface area contributed by atoms with Crippen molar-refractivity contribution in [3.63, 3.8) is 0 Å². The van der Waals surface area contributed by atoms with Crippen LogP contribution in [0.1, 0.15) is 12.0 Å². The van der Waals surface area contributed by atoms with Gasteiger partial charge in [-0.3, -0.25) is 0 Å². The smallest absolute Gasteiger partial charge is 0.340 e. The van der Waals surface area contributed by atoms with Crippen LogP contribution < -0.4 is 0 Å². The highest BCUT2D eigenvalue weighted by molar-refractivity contribution is 5.87. The molecule has 0 aliphatic heterocycles. The molecule has 1 N–H and O–H groups in total. The summed E-state index contributed by atoms with van der Waals surface area (Å²) < 4.78 is 9.94. The first-order valence-corrected chi connectivity index (χ1v) is 8.12. The molecule has 2 aromatic carbocycles. The zero-order valence-electron chi connectivity index (χ0n) is 14.0. The summed E-state index contributed by atoms with van der Waals surface area (Å²) in [6.45, 7) is 0. The summed E-state index contributed by atoms with van der Waals surface area (Å²) in [6, 6.07) is 13.8. The fourth-order valence-electron chi connectivity index (χ4n) is 3.07. The SMILES string of the molecule is COC1(C(=O)O)C=CC(c2cccc(-c3ccc4nonc4c3)c2)=CC1. The Morgan fingerprint density at radius 2 is 1.88 bits per heavy atom. The molecule has 130 valence electrons. The van der Waals surface area contributed by atoms with Crippen LogP contribution >= 0.6 is 0 Å². The number of aromatic nitrogens is 2. The lowest BCUT2D eigenvalue weighted by Crippen LogP contribution is -2.39. The first-order valence-electron chi connectivity index (χ1n) is 8.12. The molecule has 0 fully saturated rings. The van der Waals surface area contributed by atoms with Crippen LogP contribution in [0.2, 0.25) is 0 Å². The number of rotatable bonds is 4. The van der Waals surface area contributed by atoms with Gasteiger partial charge < -0.3 is 9.84 Å². The number of nitrogens with zero attached hydrogens (tertiary/aromatic N) is 2. The summed E-state index contributed by atoms with van der Waals surface area (Å²) in [4.78, 5) is 11.5. The molecule has 0 bridgehead atoms. The van der Waals surface area contributed by atoms with Crippen LogP contribution in [-0.4, -0.2) is 34.1 Å². The number of benzene rings is 2. The minimum absolute atomic E-state index is 0.283. The number of allylic oxidation sites excluding steroid dienone is 2. The van der Waals surface area contributed by atoms with Gasteiger partial charge in [0.25, 0.3) is 0 Å². The Morgan fingerprint density at radius 3 is 2.62 bits per heavy atom. The minimum Gasteiger partial charge on any atom is -0.479 e. The Labute approximate surface area is 149 Å². The molecular formula is C20H16N2O4. The van der Waals surface area contributed by atoms with Gasteiger partial charge in [0.1, 0.15) is 11.0 Å². The second kappa shape index (κ2) is 6.24. The maximum Gasteiger partial charge on any atom is 0.340 e. The second-order valence-electron chi connectivity index (χ2n) is 6.14. The summed E-state index contributed by atoms with van der Waals surface area (Å²) in [5.74, 6) is -0.991. The molecule has 26 heavy (non-hydrogen) atoms. The molecule has 1 aromatic heterocycles. The number of fused-ring (bicyclic) bond motifs is 1. The second-order valence-corrected chi connectivity index (χ2v) is 6.14. The first kappa shape index (κ1) is 16.2. The van der Waals surface area contributed by atoms with Crippen molar-refractivity contribution >= 4 is 22.6 Å². The van der Waals surface area contributed by atoms with E-state index in [9.17, 15) is 9.90 Å². The van der Waals surface area contributed by atoms with Gasteiger partial charge in [0.2, 0.25) is 0 Å². The average Bonchev–Trinajstić information content (AvgIpc) is 3.16. The van der Waals surface area contributed by atoms with Crippen molar-refractivity contribution in [2.24, 2.45) is 0 Å². The van der Waals surface area contributed by atoms with E-state index in [1.165, 1.54) is 7.11 Å². The van der Waals surface area contributed by atoms with E-state index < -0.39 is 11.6 Å². The number of hydrogen-bond donors (Lipinski definition) is 1. The number of ether oxygens (including phenoxy) is 1. The van der Waals surface area contributed by atoms with E-state index in [4.69, 9.17) is 9.37 Å². The number of methoxy groups -OCH3 is 1. The van der Waals surface area contributed by atoms with Crippen LogP contribution in [-0.2, 0) is 9.53 Å². The zero-order chi connectivity index (χ0) is 18.1. The Morgan fingerprint density at radius 1 is 1.12 bits per heavy atom. The number of hydrogen-bond acceptors (Lipinski definition) is 5. The Balaban J connectivity index is 1.66. The van der Waals surface area contributed by atoms with Crippen LogP contribution in [0.3, 0.4) is 0 Å². The Hall–Kier alpha value is -3.25. The van der Waals surface area contributed by atoms with Gasteiger partial charge in [-0.25, -0.2) is 9.42 Å². The summed E-state index contributed by atoms with van der Waals surface area (Å²) in [5, 5.41) is 17.1. The molecular weight excluding hydrogens is 332 g/mol. The zero-order valence-corrected chi connectivity index (χ0v) is 14.0. The molecule has 0 spiro atoms. The van der Waals surface area contributed by atoms with Crippen LogP contribution in [0.4, 0.5) is 0 Å². The van der Waals surface area contributed by atoms with E-state index in [0.29, 0.717) is 11.0 Å². The molecule has 1 heterocycles. The molecule has 3 aromatic rings. The third-order valence-corrected chi connectivity index (χ3v) is 4.67. The summed E-state index contributed by atoms with van der Waals surface area (Å²) in [7, 11) is 1.41. The molecule has 0 amide bonds. The van der Waals surface area contributed by atoms with Crippen molar-refractivity contribution in [2.75, 3.05) is 7.11 Å². The maximum atomic E-state index is 11.5. The van der Waals surface area contributed by atoms with Crippen molar-refractivity contribution in [1.29, 1.82) is 0 Å². The van der Waals surface area contributed by atoms with Crippen molar-refractivity contribution in [2.45, 2.75) is 12.0 Å². The van der Waals surface area contributed by atoms with Crippen LogP contribution in [0.15, 0.2) is 65.3 Å². The van der Waals surface area contributed by atoms with Crippen LogP contribution in [0.25, 0.3) is 27.7 Å². The van der Waals surface area contributed by atoms with Gasteiger partial charge in [0, 0.05) is 13.5 Å². The standard InChI is InChI=1S/C20H16N2O4/c1-25-20(19(23)24)9-7-13(8-10-20)14-3-2-4-15(11-14)16-5-6-17-18(12-16)22-26-21-17/h2-9,11-12H,10H2,1H3,(H,23,24). The Bertz CT molecular complexity index is 1050. The monoisotopic (exact) mass is 348 g/mol. The lowest BCUT2D eigenvalue weighted by Gasteiger charge is -2.26. The fraction of sp³-hybridized carbons (Fsp3) is 0.150. The van der Waals surface area contributed by atoms with Crippen molar-refractivity contribution in [1.82, 2.24) is 10.3 Å². The minimum atomic E-state index is -1.29. The highest BCUT2D eigenvalue weighted by Crippen LogP contribution is 2.31. The van der Waals surface area contributed by atoms with Gasteiger partial charge in [0.15, 0.2) is 5.60 Å². The number of aliphatic carboxylic acids is 1. The third-order valence-electron chi connectivity index (χ3n) is 4.67. The predicted octanol–water partition coefficient (Wildman–Crippen LogP) is 3.70. The van der Waals surface area contributed by atoms with Crippen LogP contribution in [0, 0.1) is 0 Å². The van der Waals surface area contributed by atoms with Crippen molar-refractivity contribution in [3.8, 4) is 11.1 Å². The third kappa shape index (κ3) is 2.70. The molecule has 1 aliphatic rings. The molecule has 6 nitrogen and oxygen atoms in total. The van der Waals surface area contributed by atoms with Gasteiger partial charge in [-0.2, -0.15) is 0 Å². The van der Waals surface area contributed by atoms with Gasteiger partial charge in [-0.05, 0) is 56.9 Å². The van der Waals surface area contributed by atoms with E-state index >= 15 is 0 Å². The topological polar surface area (TPSA) is 85.5 Å². The average molecular weight is 348 g/mol. The fourth-order valence-corrected chi connectivity index (χ4v) is 3.07. The molecule has 0 saturated carbocycles. The molecule has 1 atom stereocenters. The van der Waals surface area contributed by atoms with Crippen molar-refractivity contribution in [3.05, 3.63) is 66.3 Å². The summed E-state index contributed by atoms with van der Waals surface area (Å²) >= 11 is 0. The van der Waals surface area contributed by atoms with Gasteiger partial charge >= 0.3 is 5.97 Å². The largest absolute Gasteiger partial charge is 0.479 e. The van der Waals surface area contributed by atoms with Crippen molar-refractivity contribution < 1.29 is 19.3 Å². The predicted molar refractivity (Wildman–Crippen MR) is 96.3 cm³/mol. The number of carboxylic acids is 1. The summed E-state index contributed by atoms with van der Waals surface area (Å²) in [5.41, 5.74) is 4.14. The number of carboxylic acid groups (broad SMARTS) is 1. The maximum absolute atomic E-state index is 11.5. The highest BCUT2D eigenvalue weighted by atomic mass is 16.6. The molecule has 0 saturated heterocycles. The van der Waals surface area contributed by atoms with E-state index in [1.54, 1.807) is 12.2 Å². The van der Waals surface area contributed by atoms with Gasteiger partial charge in [-0.15, -0.1) is 0 Å². The lowest BCUT2D eigenvalue weighted by atomic mass is 9.88. The lowest BCUT2D eigenvalue weighted by molar-refractivity contribution is -0.156. The van der Waals surface area contributed by atoms with E-state index in [-0.39, 0.29) is 6.42 Å². The van der Waals surface area contributed by atoms with Crippen LogP contribution in [0.5, 0.6) is 0 Å². The van der Waals surface area contributed by atoms with Gasteiger partial charge in [-0.1, -0.05) is 36.4 Å². The van der Waals surface area contributed by atoms with Gasteiger partial charge in [0.05, 0.1) is 0 Å². The molecule has 4 rings (SSSR count). The normalized spacial score (nSPS) is 19.5. The first-order chi connectivity index (χ1) is 12.6. The van der Waals surface area contributed by atoms with E-state index in [2.05, 4.69) is 16.4 Å². The highest BCUT2D eigenvalue weighted by Gasteiger charge is 2.36. The van der Waals surface area contributed by atoms with E-state index in [0.717, 1.165) is 22.3 Å². The van der Waals surface area contributed by atoms with E-state index in [1.807, 2.05) is 42.5 Å². The molecule has 0 radical (unpaired) electrons. The quantitative estimate of drug-likeness (QED) is 0.774. The molecule has 6 heteroatoms. The Kier molecular flexibility index (Phi) is 3.89. The molecule has 1 aliphatic carbocycles. The molecule has 1 unspecified atom stereocenters.